The Kier molecular flexibility index (Phi) is 3.50. The van der Waals surface area contributed by atoms with E-state index in [0.29, 0.717) is 12.2 Å². The van der Waals surface area contributed by atoms with E-state index in [9.17, 15) is 10.1 Å². The Hall–Kier alpha value is -2.46. The molecule has 0 atom stereocenters. The Morgan fingerprint density at radius 1 is 1.56 bits per heavy atom. The van der Waals surface area contributed by atoms with Crippen molar-refractivity contribution in [1.82, 2.24) is 4.98 Å². The summed E-state index contributed by atoms with van der Waals surface area (Å²) in [6.07, 6.45) is 1.74. The predicted octanol–water partition coefficient (Wildman–Crippen LogP) is 2.54. The second-order valence-electron chi connectivity index (χ2n) is 3.42. The van der Waals surface area contributed by atoms with Crippen LogP contribution in [0.2, 0.25) is 0 Å². The molecule has 18 heavy (non-hydrogen) atoms. The maximum absolute atomic E-state index is 10.7. The Morgan fingerprint density at radius 3 is 3.00 bits per heavy atom. The molecular weight excluding hydrogens is 252 g/mol. The lowest BCUT2D eigenvalue weighted by Crippen LogP contribution is -1.99. The molecule has 1 N–H and O–H groups in total. The van der Waals surface area contributed by atoms with Crippen LogP contribution in [0.25, 0.3) is 0 Å². The van der Waals surface area contributed by atoms with Gasteiger partial charge in [0.15, 0.2) is 0 Å². The third-order valence-electron chi connectivity index (χ3n) is 2.26. The predicted molar refractivity (Wildman–Crippen MR) is 67.3 cm³/mol. The standard InChI is InChI=1S/C11H8N4O2S/c12-4-8-3-9(1-2-11(8)15(16)17)14-6-10-5-13-7-18-10/h1-3,5,7,14H,6H2. The molecule has 2 rings (SSSR count). The molecule has 7 heteroatoms. The van der Waals surface area contributed by atoms with Gasteiger partial charge in [0.05, 0.1) is 17.0 Å². The number of hydrogen-bond donors (Lipinski definition) is 1. The first-order valence-electron chi connectivity index (χ1n) is 5.00. The zero-order valence-electron chi connectivity index (χ0n) is 9.16. The molecule has 6 nitrogen and oxygen atoms in total. The van der Waals surface area contributed by atoms with Crippen LogP contribution in [-0.4, -0.2) is 9.91 Å². The SMILES string of the molecule is N#Cc1cc(NCc2cncs2)ccc1[N+](=O)[O-]. The van der Waals surface area contributed by atoms with Gasteiger partial charge >= 0.3 is 0 Å². The number of nitriles is 1. The summed E-state index contributed by atoms with van der Waals surface area (Å²) < 4.78 is 0. The molecule has 0 unspecified atom stereocenters. The van der Waals surface area contributed by atoms with Crippen molar-refractivity contribution in [3.63, 3.8) is 0 Å². The van der Waals surface area contributed by atoms with Crippen molar-refractivity contribution in [3.8, 4) is 6.07 Å². The Balaban J connectivity index is 2.15. The van der Waals surface area contributed by atoms with Crippen LogP contribution in [0.15, 0.2) is 29.9 Å². The smallest absolute Gasteiger partial charge is 0.287 e. The second-order valence-corrected chi connectivity index (χ2v) is 4.39. The highest BCUT2D eigenvalue weighted by Gasteiger charge is 2.13. The fraction of sp³-hybridized carbons (Fsp3) is 0.0909. The van der Waals surface area contributed by atoms with Crippen LogP contribution >= 0.6 is 11.3 Å². The molecule has 0 aliphatic carbocycles. The van der Waals surface area contributed by atoms with Crippen molar-refractivity contribution < 1.29 is 4.92 Å². The highest BCUT2D eigenvalue weighted by molar-refractivity contribution is 7.09. The van der Waals surface area contributed by atoms with Crippen LogP contribution in [-0.2, 0) is 6.54 Å². The average molecular weight is 260 g/mol. The van der Waals surface area contributed by atoms with Gasteiger partial charge in [-0.05, 0) is 12.1 Å². The third-order valence-corrected chi connectivity index (χ3v) is 3.04. The lowest BCUT2D eigenvalue weighted by atomic mass is 10.2. The van der Waals surface area contributed by atoms with E-state index >= 15 is 0 Å². The Labute approximate surface area is 107 Å². The Bertz CT molecular complexity index is 604. The van der Waals surface area contributed by atoms with Gasteiger partial charge in [-0.3, -0.25) is 15.1 Å². The monoisotopic (exact) mass is 260 g/mol. The summed E-state index contributed by atoms with van der Waals surface area (Å²) in [7, 11) is 0. The zero-order chi connectivity index (χ0) is 13.0. The number of anilines is 1. The van der Waals surface area contributed by atoms with Gasteiger partial charge in [-0.25, -0.2) is 0 Å². The van der Waals surface area contributed by atoms with Crippen molar-refractivity contribution in [3.05, 3.63) is 50.5 Å². The van der Waals surface area contributed by atoms with Gasteiger partial charge in [-0.2, -0.15) is 5.26 Å². The number of nitro benzene ring substituents is 1. The first kappa shape index (κ1) is 12.0. The Morgan fingerprint density at radius 2 is 2.39 bits per heavy atom. The number of benzene rings is 1. The molecule has 90 valence electrons. The van der Waals surface area contributed by atoms with E-state index in [1.165, 1.54) is 23.5 Å². The molecule has 0 aliphatic heterocycles. The summed E-state index contributed by atoms with van der Waals surface area (Å²) >= 11 is 1.51. The van der Waals surface area contributed by atoms with Gasteiger partial charge in [0.1, 0.15) is 11.6 Å². The summed E-state index contributed by atoms with van der Waals surface area (Å²) in [4.78, 5) is 15.1. The van der Waals surface area contributed by atoms with E-state index in [-0.39, 0.29) is 11.3 Å². The molecule has 0 spiro atoms. The fourth-order valence-corrected chi connectivity index (χ4v) is 1.95. The number of rotatable bonds is 4. The first-order valence-corrected chi connectivity index (χ1v) is 5.88. The molecule has 0 fully saturated rings. The van der Waals surface area contributed by atoms with Gasteiger partial charge in [0, 0.05) is 22.8 Å². The summed E-state index contributed by atoms with van der Waals surface area (Å²) in [5, 5.41) is 22.6. The third kappa shape index (κ3) is 2.61. The van der Waals surface area contributed by atoms with Crippen LogP contribution in [0, 0.1) is 21.4 Å². The minimum Gasteiger partial charge on any atom is -0.380 e. The van der Waals surface area contributed by atoms with Crippen molar-refractivity contribution in [1.29, 1.82) is 5.26 Å². The minimum atomic E-state index is -0.564. The van der Waals surface area contributed by atoms with Crippen LogP contribution in [0.3, 0.4) is 0 Å². The van der Waals surface area contributed by atoms with E-state index in [0.717, 1.165) is 4.88 Å². The minimum absolute atomic E-state index is 0.0503. The average Bonchev–Trinajstić information content (AvgIpc) is 2.88. The number of hydrogen-bond acceptors (Lipinski definition) is 6. The molecule has 1 heterocycles. The maximum Gasteiger partial charge on any atom is 0.287 e. The number of aromatic nitrogens is 1. The van der Waals surface area contributed by atoms with E-state index in [1.807, 2.05) is 6.07 Å². The zero-order valence-corrected chi connectivity index (χ0v) is 9.98. The summed E-state index contributed by atoms with van der Waals surface area (Å²) in [5.74, 6) is 0. The highest BCUT2D eigenvalue weighted by atomic mass is 32.1. The van der Waals surface area contributed by atoms with Crippen molar-refractivity contribution >= 4 is 22.7 Å². The molecule has 2 aromatic rings. The van der Waals surface area contributed by atoms with Crippen LogP contribution in [0.4, 0.5) is 11.4 Å². The topological polar surface area (TPSA) is 91.8 Å². The molecule has 0 saturated heterocycles. The normalized spacial score (nSPS) is 9.72. The number of nitro groups is 1. The fourth-order valence-electron chi connectivity index (χ4n) is 1.41. The maximum atomic E-state index is 10.7. The molecular formula is C11H8N4O2S. The van der Waals surface area contributed by atoms with Gasteiger partial charge in [-0.15, -0.1) is 11.3 Å². The molecule has 1 aromatic heterocycles. The molecule has 1 aromatic carbocycles. The first-order chi connectivity index (χ1) is 8.70. The summed E-state index contributed by atoms with van der Waals surface area (Å²) in [6.45, 7) is 0.577. The molecule has 0 bridgehead atoms. The molecule has 0 radical (unpaired) electrons. The number of thiazole rings is 1. The molecule has 0 aliphatic rings. The number of nitrogens with zero attached hydrogens (tertiary/aromatic N) is 3. The summed E-state index contributed by atoms with van der Waals surface area (Å²) in [6, 6.07) is 6.20. The van der Waals surface area contributed by atoms with E-state index in [4.69, 9.17) is 5.26 Å². The van der Waals surface area contributed by atoms with Crippen LogP contribution in [0.1, 0.15) is 10.4 Å². The lowest BCUT2D eigenvalue weighted by Gasteiger charge is -2.04. The van der Waals surface area contributed by atoms with E-state index in [2.05, 4.69) is 10.3 Å². The van der Waals surface area contributed by atoms with Gasteiger partial charge < -0.3 is 5.32 Å². The lowest BCUT2D eigenvalue weighted by molar-refractivity contribution is -0.385. The van der Waals surface area contributed by atoms with Gasteiger partial charge in [0.25, 0.3) is 5.69 Å². The van der Waals surface area contributed by atoms with E-state index in [1.54, 1.807) is 17.8 Å². The highest BCUT2D eigenvalue weighted by Crippen LogP contribution is 2.22. The quantitative estimate of drug-likeness (QED) is 0.673. The molecule has 0 saturated carbocycles. The summed E-state index contributed by atoms with van der Waals surface area (Å²) in [5.41, 5.74) is 2.27. The molecule has 0 amide bonds. The van der Waals surface area contributed by atoms with E-state index < -0.39 is 4.92 Å². The van der Waals surface area contributed by atoms with Crippen LogP contribution < -0.4 is 5.32 Å². The largest absolute Gasteiger partial charge is 0.380 e. The van der Waals surface area contributed by atoms with Crippen molar-refractivity contribution in [2.24, 2.45) is 0 Å². The van der Waals surface area contributed by atoms with Crippen LogP contribution in [0.5, 0.6) is 0 Å². The van der Waals surface area contributed by atoms with Crippen molar-refractivity contribution in [2.45, 2.75) is 6.54 Å². The number of nitrogens with one attached hydrogen (secondary N) is 1. The van der Waals surface area contributed by atoms with Gasteiger partial charge in [-0.1, -0.05) is 0 Å². The second kappa shape index (κ2) is 5.25. The van der Waals surface area contributed by atoms with Crippen molar-refractivity contribution in [2.75, 3.05) is 5.32 Å². The van der Waals surface area contributed by atoms with Gasteiger partial charge in [0.2, 0.25) is 0 Å².